The number of thiazole rings is 1. The predicted octanol–water partition coefficient (Wildman–Crippen LogP) is 3.95. The fourth-order valence-corrected chi connectivity index (χ4v) is 3.01. The molecule has 2 N–H and O–H groups in total. The SMILES string of the molecule is CN=C(NCc1csc(N(C)C)n1)NCc1cc(Cl)ccc1OC(F)F.I. The van der Waals surface area contributed by atoms with Gasteiger partial charge in [0.25, 0.3) is 0 Å². The third-order valence-corrected chi connectivity index (χ3v) is 4.56. The molecule has 150 valence electrons. The number of guanidine groups is 1. The number of halogens is 4. The van der Waals surface area contributed by atoms with Crippen LogP contribution in [0, 0.1) is 0 Å². The van der Waals surface area contributed by atoms with Gasteiger partial charge in [0, 0.05) is 43.7 Å². The van der Waals surface area contributed by atoms with Crippen molar-refractivity contribution in [1.29, 1.82) is 0 Å². The van der Waals surface area contributed by atoms with E-state index in [1.54, 1.807) is 24.5 Å². The molecule has 2 rings (SSSR count). The highest BCUT2D eigenvalue weighted by Crippen LogP contribution is 2.24. The molecule has 2 aromatic rings. The van der Waals surface area contributed by atoms with E-state index in [4.69, 9.17) is 11.6 Å². The van der Waals surface area contributed by atoms with E-state index >= 15 is 0 Å². The first-order chi connectivity index (χ1) is 12.4. The largest absolute Gasteiger partial charge is 0.434 e. The number of anilines is 1. The summed E-state index contributed by atoms with van der Waals surface area (Å²) in [6.45, 7) is -2.19. The summed E-state index contributed by atoms with van der Waals surface area (Å²) in [7, 11) is 5.48. The number of rotatable bonds is 7. The van der Waals surface area contributed by atoms with Crippen LogP contribution in [-0.2, 0) is 13.1 Å². The lowest BCUT2D eigenvalue weighted by Crippen LogP contribution is -2.36. The van der Waals surface area contributed by atoms with Gasteiger partial charge in [0.15, 0.2) is 11.1 Å². The Hall–Kier alpha value is -1.40. The van der Waals surface area contributed by atoms with Crippen LogP contribution in [0.1, 0.15) is 11.3 Å². The molecule has 1 aromatic heterocycles. The Bertz CT molecular complexity index is 760. The highest BCUT2D eigenvalue weighted by Gasteiger charge is 2.11. The van der Waals surface area contributed by atoms with Gasteiger partial charge in [-0.25, -0.2) is 4.98 Å². The van der Waals surface area contributed by atoms with Gasteiger partial charge in [-0.05, 0) is 18.2 Å². The Morgan fingerprint density at radius 3 is 2.63 bits per heavy atom. The molecule has 0 amide bonds. The van der Waals surface area contributed by atoms with Crippen LogP contribution in [0.25, 0.3) is 0 Å². The minimum Gasteiger partial charge on any atom is -0.434 e. The van der Waals surface area contributed by atoms with Gasteiger partial charge in [-0.2, -0.15) is 8.78 Å². The Kier molecular flexibility index (Phi) is 10.0. The number of aliphatic imine (C=N–C) groups is 1. The summed E-state index contributed by atoms with van der Waals surface area (Å²) >= 11 is 7.49. The van der Waals surface area contributed by atoms with Crippen LogP contribution in [-0.4, -0.2) is 38.7 Å². The monoisotopic (exact) mass is 531 g/mol. The molecule has 1 heterocycles. The van der Waals surface area contributed by atoms with E-state index in [1.807, 2.05) is 24.4 Å². The molecule has 11 heteroatoms. The fraction of sp³-hybridized carbons (Fsp3) is 0.375. The molecule has 27 heavy (non-hydrogen) atoms. The van der Waals surface area contributed by atoms with Gasteiger partial charge in [0.2, 0.25) is 0 Å². The van der Waals surface area contributed by atoms with Gasteiger partial charge in [0.1, 0.15) is 5.75 Å². The van der Waals surface area contributed by atoms with Gasteiger partial charge < -0.3 is 20.3 Å². The molecule has 6 nitrogen and oxygen atoms in total. The van der Waals surface area contributed by atoms with E-state index in [-0.39, 0.29) is 36.3 Å². The maximum Gasteiger partial charge on any atom is 0.387 e. The van der Waals surface area contributed by atoms with Gasteiger partial charge in [0.05, 0.1) is 12.2 Å². The van der Waals surface area contributed by atoms with E-state index in [1.165, 1.54) is 12.1 Å². The second kappa shape index (κ2) is 11.4. The lowest BCUT2D eigenvalue weighted by molar-refractivity contribution is -0.0504. The maximum atomic E-state index is 12.5. The second-order valence-electron chi connectivity index (χ2n) is 5.43. The lowest BCUT2D eigenvalue weighted by Gasteiger charge is -2.14. The van der Waals surface area contributed by atoms with Crippen molar-refractivity contribution in [2.75, 3.05) is 26.0 Å². The molecule has 0 radical (unpaired) electrons. The number of hydrogen-bond acceptors (Lipinski definition) is 5. The highest BCUT2D eigenvalue weighted by molar-refractivity contribution is 14.0. The molecule has 0 unspecified atom stereocenters. The Balaban J connectivity index is 0.00000364. The van der Waals surface area contributed by atoms with E-state index in [0.29, 0.717) is 23.1 Å². The minimum atomic E-state index is -2.90. The zero-order valence-electron chi connectivity index (χ0n) is 15.0. The number of hydrogen-bond donors (Lipinski definition) is 2. The van der Waals surface area contributed by atoms with Crippen LogP contribution in [0.3, 0.4) is 0 Å². The minimum absolute atomic E-state index is 0. The van der Waals surface area contributed by atoms with E-state index in [2.05, 4.69) is 25.3 Å². The van der Waals surface area contributed by atoms with Crippen molar-refractivity contribution in [2.45, 2.75) is 19.7 Å². The zero-order chi connectivity index (χ0) is 19.1. The molecule has 1 aromatic carbocycles. The second-order valence-corrected chi connectivity index (χ2v) is 6.70. The molecule has 0 atom stereocenters. The summed E-state index contributed by atoms with van der Waals surface area (Å²) in [4.78, 5) is 10.5. The van der Waals surface area contributed by atoms with Crippen molar-refractivity contribution in [1.82, 2.24) is 15.6 Å². The van der Waals surface area contributed by atoms with Crippen LogP contribution < -0.4 is 20.3 Å². The zero-order valence-corrected chi connectivity index (χ0v) is 18.9. The quantitative estimate of drug-likeness (QED) is 0.322. The van der Waals surface area contributed by atoms with E-state index < -0.39 is 6.61 Å². The van der Waals surface area contributed by atoms with Crippen molar-refractivity contribution in [3.05, 3.63) is 39.9 Å². The third kappa shape index (κ3) is 7.62. The summed E-state index contributed by atoms with van der Waals surface area (Å²) in [6.07, 6.45) is 0. The molecule has 0 saturated carbocycles. The van der Waals surface area contributed by atoms with Crippen LogP contribution in [0.4, 0.5) is 13.9 Å². The molecule has 0 fully saturated rings. The van der Waals surface area contributed by atoms with Gasteiger partial charge >= 0.3 is 6.61 Å². The first kappa shape index (κ1) is 23.6. The summed E-state index contributed by atoms with van der Waals surface area (Å²) in [5.41, 5.74) is 1.38. The van der Waals surface area contributed by atoms with Crippen molar-refractivity contribution >= 4 is 58.0 Å². The van der Waals surface area contributed by atoms with Crippen molar-refractivity contribution in [2.24, 2.45) is 4.99 Å². The summed E-state index contributed by atoms with van der Waals surface area (Å²) in [6, 6.07) is 4.49. The van der Waals surface area contributed by atoms with Crippen LogP contribution >= 0.6 is 46.9 Å². The molecule has 0 aliphatic carbocycles. The first-order valence-corrected chi connectivity index (χ1v) is 8.94. The molecule has 0 aliphatic rings. The standard InChI is InChI=1S/C16H20ClF2N5OS.HI/c1-20-15(22-8-12-9-26-16(23-12)24(2)3)21-7-10-6-11(17)4-5-13(10)25-14(18)19;/h4-6,9,14H,7-8H2,1-3H3,(H2,20,21,22);1H. The predicted molar refractivity (Wildman–Crippen MR) is 117 cm³/mol. The summed E-state index contributed by atoms with van der Waals surface area (Å²) < 4.78 is 29.5. The van der Waals surface area contributed by atoms with E-state index in [9.17, 15) is 8.78 Å². The number of benzene rings is 1. The topological polar surface area (TPSA) is 61.8 Å². The molecule has 0 bridgehead atoms. The van der Waals surface area contributed by atoms with Crippen molar-refractivity contribution in [3.63, 3.8) is 0 Å². The van der Waals surface area contributed by atoms with E-state index in [0.717, 1.165) is 10.8 Å². The fourth-order valence-electron chi connectivity index (χ4n) is 2.05. The van der Waals surface area contributed by atoms with Gasteiger partial charge in [-0.1, -0.05) is 11.6 Å². The molecular weight excluding hydrogens is 511 g/mol. The smallest absolute Gasteiger partial charge is 0.387 e. The average Bonchev–Trinajstić information content (AvgIpc) is 3.06. The highest BCUT2D eigenvalue weighted by atomic mass is 127. The van der Waals surface area contributed by atoms with Gasteiger partial charge in [-0.3, -0.25) is 4.99 Å². The average molecular weight is 532 g/mol. The van der Waals surface area contributed by atoms with Gasteiger partial charge in [-0.15, -0.1) is 35.3 Å². The number of nitrogens with zero attached hydrogens (tertiary/aromatic N) is 3. The number of nitrogens with one attached hydrogen (secondary N) is 2. The van der Waals surface area contributed by atoms with Crippen LogP contribution in [0.2, 0.25) is 5.02 Å². The van der Waals surface area contributed by atoms with Crippen molar-refractivity contribution in [3.8, 4) is 5.75 Å². The molecule has 0 aliphatic heterocycles. The summed E-state index contributed by atoms with van der Waals surface area (Å²) in [5, 5.41) is 9.48. The first-order valence-electron chi connectivity index (χ1n) is 7.68. The number of alkyl halides is 2. The molecule has 0 spiro atoms. The Morgan fingerprint density at radius 2 is 2.04 bits per heavy atom. The number of ether oxygens (including phenoxy) is 1. The molecule has 0 saturated heterocycles. The summed E-state index contributed by atoms with van der Waals surface area (Å²) in [5.74, 6) is 0.579. The number of aromatic nitrogens is 1. The van der Waals surface area contributed by atoms with Crippen molar-refractivity contribution < 1.29 is 13.5 Å². The third-order valence-electron chi connectivity index (χ3n) is 3.27. The lowest BCUT2D eigenvalue weighted by atomic mass is 10.2. The Labute approximate surface area is 183 Å². The van der Waals surface area contributed by atoms with Crippen LogP contribution in [0.15, 0.2) is 28.6 Å². The maximum absolute atomic E-state index is 12.5. The van der Waals surface area contributed by atoms with Crippen LogP contribution in [0.5, 0.6) is 5.75 Å². The Morgan fingerprint density at radius 1 is 1.33 bits per heavy atom. The molecular formula is C16H21ClF2IN5OS. The normalized spacial score (nSPS) is 11.1.